The highest BCUT2D eigenvalue weighted by atomic mass is 16.5. The van der Waals surface area contributed by atoms with Crippen LogP contribution in [0, 0.1) is 0 Å². The van der Waals surface area contributed by atoms with Crippen LogP contribution in [0.15, 0.2) is 30.4 Å². The number of hydrogen-bond donors (Lipinski definition) is 3. The first-order valence-electron chi connectivity index (χ1n) is 7.70. The van der Waals surface area contributed by atoms with Gasteiger partial charge in [-0.15, -0.1) is 0 Å². The summed E-state index contributed by atoms with van der Waals surface area (Å²) in [7, 11) is 1.36. The number of hydrazine groups is 1. The molecule has 1 aliphatic rings. The molecule has 2 aromatic heterocycles. The fraction of sp³-hybridized carbons (Fsp3) is 0.375. The van der Waals surface area contributed by atoms with Gasteiger partial charge in [-0.05, 0) is 30.4 Å². The van der Waals surface area contributed by atoms with Crippen molar-refractivity contribution in [2.24, 2.45) is 11.6 Å². The minimum Gasteiger partial charge on any atom is -0.465 e. The van der Waals surface area contributed by atoms with Gasteiger partial charge in [-0.2, -0.15) is 0 Å². The van der Waals surface area contributed by atoms with Crippen LogP contribution in [-0.4, -0.2) is 39.2 Å². The number of aliphatic hydroxyl groups excluding tert-OH is 1. The predicted octanol–water partition coefficient (Wildman–Crippen LogP) is 0.466. The molecule has 0 aromatic carbocycles. The van der Waals surface area contributed by atoms with Crippen LogP contribution in [0.25, 0.3) is 5.65 Å². The first-order valence-corrected chi connectivity index (χ1v) is 7.70. The van der Waals surface area contributed by atoms with Crippen molar-refractivity contribution in [1.29, 1.82) is 0 Å². The van der Waals surface area contributed by atoms with Crippen molar-refractivity contribution >= 4 is 11.6 Å². The molecule has 0 atom stereocenters. The van der Waals surface area contributed by atoms with Crippen molar-refractivity contribution < 1.29 is 14.6 Å². The van der Waals surface area contributed by atoms with E-state index in [2.05, 4.69) is 4.98 Å². The quantitative estimate of drug-likeness (QED) is 0.400. The number of fused-ring (bicyclic) bond motifs is 1. The Morgan fingerprint density at radius 3 is 2.92 bits per heavy atom. The van der Waals surface area contributed by atoms with E-state index in [0.29, 0.717) is 29.4 Å². The fourth-order valence-electron chi connectivity index (χ4n) is 2.63. The summed E-state index contributed by atoms with van der Waals surface area (Å²) in [6.45, 7) is 0.0257. The lowest BCUT2D eigenvalue weighted by molar-refractivity contribution is 0.0602. The summed E-state index contributed by atoms with van der Waals surface area (Å²) in [6.07, 6.45) is 7.54. The molecule has 1 fully saturated rings. The summed E-state index contributed by atoms with van der Waals surface area (Å²) in [6, 6.07) is 1.86. The van der Waals surface area contributed by atoms with Crippen LogP contribution in [-0.2, 0) is 11.3 Å². The van der Waals surface area contributed by atoms with Gasteiger partial charge < -0.3 is 25.0 Å². The van der Waals surface area contributed by atoms with Crippen molar-refractivity contribution in [2.45, 2.75) is 25.3 Å². The largest absolute Gasteiger partial charge is 0.465 e. The monoisotopic (exact) mass is 331 g/mol. The molecule has 0 saturated heterocycles. The molecule has 0 bridgehead atoms. The van der Waals surface area contributed by atoms with Gasteiger partial charge >= 0.3 is 5.97 Å². The summed E-state index contributed by atoms with van der Waals surface area (Å²) in [4.78, 5) is 16.6. The van der Waals surface area contributed by atoms with Crippen molar-refractivity contribution in [3.63, 3.8) is 0 Å². The van der Waals surface area contributed by atoms with E-state index in [1.807, 2.05) is 22.9 Å². The normalized spacial score (nSPS) is 14.9. The topological polar surface area (TPSA) is 119 Å². The highest BCUT2D eigenvalue weighted by Crippen LogP contribution is 2.40. The fourth-order valence-corrected chi connectivity index (χ4v) is 2.63. The highest BCUT2D eigenvalue weighted by molar-refractivity contribution is 5.96. The number of hydrogen-bond acceptors (Lipinski definition) is 7. The van der Waals surface area contributed by atoms with Gasteiger partial charge in [-0.1, -0.05) is 0 Å². The Hall–Kier alpha value is -2.58. The zero-order valence-electron chi connectivity index (χ0n) is 13.5. The minimum atomic E-state index is -0.409. The van der Waals surface area contributed by atoms with Crippen molar-refractivity contribution in [2.75, 3.05) is 13.7 Å². The van der Waals surface area contributed by atoms with Gasteiger partial charge in [0.05, 0.1) is 31.7 Å². The molecule has 2 heterocycles. The van der Waals surface area contributed by atoms with E-state index in [1.165, 1.54) is 18.3 Å². The van der Waals surface area contributed by atoms with Crippen LogP contribution in [0.1, 0.15) is 40.4 Å². The molecule has 5 N–H and O–H groups in total. The Morgan fingerprint density at radius 2 is 2.29 bits per heavy atom. The Kier molecular flexibility index (Phi) is 4.41. The van der Waals surface area contributed by atoms with Crippen LogP contribution >= 0.6 is 0 Å². The van der Waals surface area contributed by atoms with Crippen LogP contribution in [0.4, 0.5) is 0 Å². The van der Waals surface area contributed by atoms with Crippen LogP contribution in [0.2, 0.25) is 0 Å². The number of nitrogens with two attached hydrogens (primary N) is 2. The van der Waals surface area contributed by atoms with E-state index in [9.17, 15) is 4.79 Å². The standard InChI is InChI=1S/C16H21N5O3/c1-24-16(23)14-4-11(10-2-3-10)5-20-7-13(19-15(14)20)8-21(18)6-12(17)9-22/h4-7,10,22H,2-3,8-9,17-18H2,1H3/b12-6-. The number of ether oxygens (including phenoxy) is 1. The molecule has 1 saturated carbocycles. The third-order valence-electron chi connectivity index (χ3n) is 3.94. The van der Waals surface area contributed by atoms with E-state index in [0.717, 1.165) is 18.4 Å². The predicted molar refractivity (Wildman–Crippen MR) is 87.6 cm³/mol. The third-order valence-corrected chi connectivity index (χ3v) is 3.94. The summed E-state index contributed by atoms with van der Waals surface area (Å²) in [5.74, 6) is 5.93. The molecule has 8 nitrogen and oxygen atoms in total. The second-order valence-electron chi connectivity index (χ2n) is 5.95. The lowest BCUT2D eigenvalue weighted by atomic mass is 10.1. The van der Waals surface area contributed by atoms with Crippen LogP contribution < -0.4 is 11.6 Å². The molecule has 2 aromatic rings. The number of methoxy groups -OCH3 is 1. The van der Waals surface area contributed by atoms with Crippen LogP contribution in [0.5, 0.6) is 0 Å². The number of aromatic nitrogens is 2. The molecule has 0 spiro atoms. The zero-order valence-corrected chi connectivity index (χ0v) is 13.5. The maximum atomic E-state index is 12.1. The smallest absolute Gasteiger partial charge is 0.341 e. The zero-order chi connectivity index (χ0) is 17.3. The van der Waals surface area contributed by atoms with Gasteiger partial charge in [-0.3, -0.25) is 0 Å². The highest BCUT2D eigenvalue weighted by Gasteiger charge is 2.26. The Morgan fingerprint density at radius 1 is 1.54 bits per heavy atom. The van der Waals surface area contributed by atoms with E-state index in [-0.39, 0.29) is 12.3 Å². The third kappa shape index (κ3) is 3.34. The molecule has 3 rings (SSSR count). The summed E-state index contributed by atoms with van der Waals surface area (Å²) in [5.41, 5.74) is 8.58. The van der Waals surface area contributed by atoms with Gasteiger partial charge in [-0.25, -0.2) is 15.6 Å². The van der Waals surface area contributed by atoms with E-state index in [1.54, 1.807) is 0 Å². The number of imidazole rings is 1. The van der Waals surface area contributed by atoms with Crippen molar-refractivity contribution in [1.82, 2.24) is 14.4 Å². The molecule has 128 valence electrons. The lowest BCUT2D eigenvalue weighted by Gasteiger charge is -2.12. The lowest BCUT2D eigenvalue weighted by Crippen LogP contribution is -2.26. The molecule has 1 aliphatic carbocycles. The molecule has 24 heavy (non-hydrogen) atoms. The maximum absolute atomic E-state index is 12.1. The average molecular weight is 331 g/mol. The van der Waals surface area contributed by atoms with Crippen molar-refractivity contribution in [3.05, 3.63) is 47.2 Å². The maximum Gasteiger partial charge on any atom is 0.341 e. The molecule has 0 unspecified atom stereocenters. The van der Waals surface area contributed by atoms with E-state index >= 15 is 0 Å². The minimum absolute atomic E-state index is 0.257. The Bertz CT molecular complexity index is 794. The van der Waals surface area contributed by atoms with Gasteiger partial charge in [0, 0.05) is 18.6 Å². The molecule has 0 aliphatic heterocycles. The van der Waals surface area contributed by atoms with Gasteiger partial charge in [0.25, 0.3) is 0 Å². The summed E-state index contributed by atoms with van der Waals surface area (Å²) in [5, 5.41) is 10.3. The summed E-state index contributed by atoms with van der Waals surface area (Å²) >= 11 is 0. The van der Waals surface area contributed by atoms with Gasteiger partial charge in [0.15, 0.2) is 5.65 Å². The molecular weight excluding hydrogens is 310 g/mol. The number of esters is 1. The van der Waals surface area contributed by atoms with Gasteiger partial charge in [0.1, 0.15) is 5.56 Å². The SMILES string of the molecule is COC(=O)c1cc(C2CC2)cn2cc(CN(N)/C=C(\N)CO)nc12. The second kappa shape index (κ2) is 6.50. The number of carbonyl (C=O) groups excluding carboxylic acids is 1. The number of rotatable bonds is 6. The van der Waals surface area contributed by atoms with Crippen molar-refractivity contribution in [3.8, 4) is 0 Å². The second-order valence-corrected chi connectivity index (χ2v) is 5.95. The average Bonchev–Trinajstić information content (AvgIpc) is 3.33. The van der Waals surface area contributed by atoms with E-state index in [4.69, 9.17) is 21.4 Å². The molecular formula is C16H21N5O3. The van der Waals surface area contributed by atoms with E-state index < -0.39 is 5.97 Å². The Labute approximate surface area is 139 Å². The number of nitrogens with zero attached hydrogens (tertiary/aromatic N) is 3. The molecule has 0 radical (unpaired) electrons. The molecule has 8 heteroatoms. The number of pyridine rings is 1. The first kappa shape index (κ1) is 16.3. The van der Waals surface area contributed by atoms with Crippen LogP contribution in [0.3, 0.4) is 0 Å². The first-order chi connectivity index (χ1) is 11.5. The summed E-state index contributed by atoms with van der Waals surface area (Å²) < 4.78 is 6.71. The molecule has 0 amide bonds. The number of aliphatic hydroxyl groups is 1. The van der Waals surface area contributed by atoms with Gasteiger partial charge in [0.2, 0.25) is 0 Å². The Balaban J connectivity index is 1.95. The number of carbonyl (C=O) groups is 1.